The van der Waals surface area contributed by atoms with Crippen LogP contribution in [0.2, 0.25) is 0 Å². The van der Waals surface area contributed by atoms with Crippen molar-refractivity contribution in [1.29, 1.82) is 0 Å². The van der Waals surface area contributed by atoms with Crippen molar-refractivity contribution in [1.82, 2.24) is 10.2 Å². The molecule has 7 heteroatoms. The molecule has 0 saturated carbocycles. The summed E-state index contributed by atoms with van der Waals surface area (Å²) in [5.41, 5.74) is 1.57. The second kappa shape index (κ2) is 7.18. The molecule has 3 rings (SSSR count). The van der Waals surface area contributed by atoms with Gasteiger partial charge in [0, 0.05) is 5.56 Å². The number of hydrogen-bond donors (Lipinski definition) is 1. The standard InChI is InChI=1S/C17H14FN3O2S/c1-11-3-2-4-12(9-11)16(22)19-17-21-20-15(24-17)10-23-14-7-5-13(18)6-8-14/h2-9H,10H2,1H3,(H,19,21,22). The normalized spacial score (nSPS) is 10.4. The molecule has 0 aliphatic rings. The number of halogens is 1. The molecule has 0 radical (unpaired) electrons. The van der Waals surface area contributed by atoms with E-state index < -0.39 is 0 Å². The topological polar surface area (TPSA) is 64.1 Å². The van der Waals surface area contributed by atoms with E-state index >= 15 is 0 Å². The highest BCUT2D eigenvalue weighted by atomic mass is 32.1. The zero-order chi connectivity index (χ0) is 16.9. The molecule has 0 aliphatic carbocycles. The molecule has 0 saturated heterocycles. The molecular formula is C17H14FN3O2S. The van der Waals surface area contributed by atoms with Gasteiger partial charge in [0.05, 0.1) is 0 Å². The number of anilines is 1. The second-order valence-electron chi connectivity index (χ2n) is 5.07. The number of ether oxygens (including phenoxy) is 1. The molecule has 24 heavy (non-hydrogen) atoms. The molecule has 5 nitrogen and oxygen atoms in total. The molecule has 122 valence electrons. The molecule has 0 bridgehead atoms. The second-order valence-corrected chi connectivity index (χ2v) is 6.13. The zero-order valence-corrected chi connectivity index (χ0v) is 13.6. The summed E-state index contributed by atoms with van der Waals surface area (Å²) in [6.07, 6.45) is 0. The van der Waals surface area contributed by atoms with E-state index in [1.165, 1.54) is 35.6 Å². The van der Waals surface area contributed by atoms with E-state index in [0.29, 0.717) is 21.5 Å². The van der Waals surface area contributed by atoms with Crippen molar-refractivity contribution in [3.8, 4) is 5.75 Å². The fourth-order valence-corrected chi connectivity index (χ4v) is 2.64. The minimum atomic E-state index is -0.320. The maximum atomic E-state index is 12.8. The molecular weight excluding hydrogens is 329 g/mol. The number of nitrogens with zero attached hydrogens (tertiary/aromatic N) is 2. The average molecular weight is 343 g/mol. The Morgan fingerprint density at radius 2 is 2.00 bits per heavy atom. The van der Waals surface area contributed by atoms with Crippen LogP contribution in [0, 0.1) is 12.7 Å². The highest BCUT2D eigenvalue weighted by Gasteiger charge is 2.10. The number of aromatic nitrogens is 2. The number of rotatable bonds is 5. The van der Waals surface area contributed by atoms with Crippen molar-refractivity contribution in [3.05, 3.63) is 70.5 Å². The highest BCUT2D eigenvalue weighted by Crippen LogP contribution is 2.19. The first-order valence-corrected chi connectivity index (χ1v) is 8.00. The predicted molar refractivity (Wildman–Crippen MR) is 89.8 cm³/mol. The van der Waals surface area contributed by atoms with E-state index in [0.717, 1.165) is 5.56 Å². The maximum absolute atomic E-state index is 12.8. The molecule has 0 aliphatic heterocycles. The Balaban J connectivity index is 1.59. The van der Waals surface area contributed by atoms with Gasteiger partial charge >= 0.3 is 0 Å². The van der Waals surface area contributed by atoms with Gasteiger partial charge in [0.1, 0.15) is 18.2 Å². The summed E-state index contributed by atoms with van der Waals surface area (Å²) >= 11 is 1.23. The molecule has 2 aromatic carbocycles. The summed E-state index contributed by atoms with van der Waals surface area (Å²) in [5, 5.41) is 11.6. The van der Waals surface area contributed by atoms with Crippen LogP contribution in [-0.2, 0) is 6.61 Å². The Morgan fingerprint density at radius 1 is 1.21 bits per heavy atom. The van der Waals surface area contributed by atoms with Gasteiger partial charge in [-0.05, 0) is 43.3 Å². The van der Waals surface area contributed by atoms with Gasteiger partial charge in [0.25, 0.3) is 5.91 Å². The lowest BCUT2D eigenvalue weighted by atomic mass is 10.1. The Bertz CT molecular complexity index is 849. The van der Waals surface area contributed by atoms with Crippen molar-refractivity contribution < 1.29 is 13.9 Å². The lowest BCUT2D eigenvalue weighted by Gasteiger charge is -2.03. The Hall–Kier alpha value is -2.80. The Kier molecular flexibility index (Phi) is 4.81. The van der Waals surface area contributed by atoms with Gasteiger partial charge in [-0.3, -0.25) is 10.1 Å². The molecule has 0 atom stereocenters. The van der Waals surface area contributed by atoms with Gasteiger partial charge in [0.2, 0.25) is 5.13 Å². The molecule has 1 amide bonds. The minimum Gasteiger partial charge on any atom is -0.486 e. The van der Waals surface area contributed by atoms with E-state index in [2.05, 4.69) is 15.5 Å². The van der Waals surface area contributed by atoms with Gasteiger partial charge in [-0.1, -0.05) is 29.0 Å². The van der Waals surface area contributed by atoms with Gasteiger partial charge in [-0.25, -0.2) is 4.39 Å². The third-order valence-corrected chi connectivity index (χ3v) is 3.96. The molecule has 0 unspecified atom stereocenters. The fourth-order valence-electron chi connectivity index (χ4n) is 1.99. The monoisotopic (exact) mass is 343 g/mol. The van der Waals surface area contributed by atoms with Crippen molar-refractivity contribution in [2.24, 2.45) is 0 Å². The van der Waals surface area contributed by atoms with Crippen LogP contribution >= 0.6 is 11.3 Å². The largest absolute Gasteiger partial charge is 0.486 e. The van der Waals surface area contributed by atoms with Crippen LogP contribution in [-0.4, -0.2) is 16.1 Å². The molecule has 1 heterocycles. The molecule has 0 fully saturated rings. The Morgan fingerprint density at radius 3 is 2.75 bits per heavy atom. The molecule has 0 spiro atoms. The van der Waals surface area contributed by atoms with Gasteiger partial charge < -0.3 is 4.74 Å². The zero-order valence-electron chi connectivity index (χ0n) is 12.8. The summed E-state index contributed by atoms with van der Waals surface area (Å²) in [6.45, 7) is 2.12. The van der Waals surface area contributed by atoms with Gasteiger partial charge in [-0.2, -0.15) is 0 Å². The predicted octanol–water partition coefficient (Wildman–Crippen LogP) is 3.82. The lowest BCUT2D eigenvalue weighted by molar-refractivity contribution is 0.102. The van der Waals surface area contributed by atoms with Crippen molar-refractivity contribution >= 4 is 22.4 Å². The number of carbonyl (C=O) groups is 1. The summed E-state index contributed by atoms with van der Waals surface area (Å²) in [5.74, 6) is -0.0165. The van der Waals surface area contributed by atoms with Gasteiger partial charge in [0.15, 0.2) is 5.01 Å². The smallest absolute Gasteiger partial charge is 0.257 e. The van der Waals surface area contributed by atoms with Crippen LogP contribution in [0.3, 0.4) is 0 Å². The van der Waals surface area contributed by atoms with Crippen LogP contribution in [0.4, 0.5) is 9.52 Å². The quantitative estimate of drug-likeness (QED) is 0.765. The van der Waals surface area contributed by atoms with E-state index in [9.17, 15) is 9.18 Å². The van der Waals surface area contributed by atoms with Crippen LogP contribution in [0.25, 0.3) is 0 Å². The fraction of sp³-hybridized carbons (Fsp3) is 0.118. The first-order valence-electron chi connectivity index (χ1n) is 7.19. The van der Waals surface area contributed by atoms with Crippen molar-refractivity contribution in [2.45, 2.75) is 13.5 Å². The molecule has 1 N–H and O–H groups in total. The van der Waals surface area contributed by atoms with Crippen LogP contribution in [0.15, 0.2) is 48.5 Å². The molecule has 1 aromatic heterocycles. The number of amides is 1. The van der Waals surface area contributed by atoms with E-state index in [1.54, 1.807) is 12.1 Å². The minimum absolute atomic E-state index is 0.198. The summed E-state index contributed by atoms with van der Waals surface area (Å²) < 4.78 is 18.3. The van der Waals surface area contributed by atoms with Crippen molar-refractivity contribution in [2.75, 3.05) is 5.32 Å². The number of hydrogen-bond acceptors (Lipinski definition) is 5. The van der Waals surface area contributed by atoms with Crippen LogP contribution in [0.1, 0.15) is 20.9 Å². The number of aryl methyl sites for hydroxylation is 1. The summed E-state index contributed by atoms with van der Waals surface area (Å²) in [7, 11) is 0. The van der Waals surface area contributed by atoms with Crippen LogP contribution < -0.4 is 10.1 Å². The maximum Gasteiger partial charge on any atom is 0.257 e. The van der Waals surface area contributed by atoms with E-state index in [1.807, 2.05) is 19.1 Å². The summed E-state index contributed by atoms with van der Waals surface area (Å²) in [6, 6.07) is 13.0. The lowest BCUT2D eigenvalue weighted by Crippen LogP contribution is -2.11. The number of nitrogens with one attached hydrogen (secondary N) is 1. The average Bonchev–Trinajstić information content (AvgIpc) is 3.02. The van der Waals surface area contributed by atoms with Crippen molar-refractivity contribution in [3.63, 3.8) is 0 Å². The first kappa shape index (κ1) is 16.1. The number of benzene rings is 2. The van der Waals surface area contributed by atoms with E-state index in [4.69, 9.17) is 4.74 Å². The van der Waals surface area contributed by atoms with E-state index in [-0.39, 0.29) is 18.3 Å². The highest BCUT2D eigenvalue weighted by molar-refractivity contribution is 7.15. The molecule has 3 aromatic rings. The summed E-state index contributed by atoms with van der Waals surface area (Å²) in [4.78, 5) is 12.1. The Labute approximate surface area is 142 Å². The number of carbonyl (C=O) groups excluding carboxylic acids is 1. The van der Waals surface area contributed by atoms with Crippen LogP contribution in [0.5, 0.6) is 5.75 Å². The third-order valence-electron chi connectivity index (χ3n) is 3.14. The third kappa shape index (κ3) is 4.14. The van der Waals surface area contributed by atoms with Gasteiger partial charge in [-0.15, -0.1) is 10.2 Å². The first-order chi connectivity index (χ1) is 11.6. The SMILES string of the molecule is Cc1cccc(C(=O)Nc2nnc(COc3ccc(F)cc3)s2)c1.